The van der Waals surface area contributed by atoms with Gasteiger partial charge in [-0.2, -0.15) is 0 Å². The van der Waals surface area contributed by atoms with Crippen LogP contribution in [0.2, 0.25) is 5.02 Å². The number of rotatable bonds is 6. The standard InChI is InChI=1S/C21H21ClN2O3/c1-3-4-14-5-9-16(10-6-14)21(2)19(26)24(20(27)23-21)13-18(25)15-7-11-17(22)12-8-15/h5-12H,3-4,13H2,1-2H3,(H,23,27). The fourth-order valence-electron chi connectivity index (χ4n) is 3.20. The molecule has 0 radical (unpaired) electrons. The van der Waals surface area contributed by atoms with E-state index in [0.717, 1.165) is 17.7 Å². The third-order valence-electron chi connectivity index (χ3n) is 4.81. The number of hydrogen-bond acceptors (Lipinski definition) is 3. The van der Waals surface area contributed by atoms with Crippen LogP contribution in [0.4, 0.5) is 4.79 Å². The average Bonchev–Trinajstić information content (AvgIpc) is 2.87. The number of ketones is 1. The number of urea groups is 1. The van der Waals surface area contributed by atoms with Gasteiger partial charge in [-0.05, 0) is 48.7 Å². The first-order valence-corrected chi connectivity index (χ1v) is 9.25. The summed E-state index contributed by atoms with van der Waals surface area (Å²) in [6.07, 6.45) is 1.99. The zero-order valence-electron chi connectivity index (χ0n) is 15.3. The van der Waals surface area contributed by atoms with Crippen molar-refractivity contribution in [2.75, 3.05) is 6.54 Å². The maximum Gasteiger partial charge on any atom is 0.325 e. The Morgan fingerprint density at radius 3 is 2.30 bits per heavy atom. The van der Waals surface area contributed by atoms with Gasteiger partial charge >= 0.3 is 6.03 Å². The first-order valence-electron chi connectivity index (χ1n) is 8.87. The lowest BCUT2D eigenvalue weighted by atomic mass is 9.91. The fourth-order valence-corrected chi connectivity index (χ4v) is 3.33. The molecule has 27 heavy (non-hydrogen) atoms. The molecule has 3 amide bonds. The van der Waals surface area contributed by atoms with E-state index in [-0.39, 0.29) is 12.3 Å². The highest BCUT2D eigenvalue weighted by Gasteiger charge is 2.49. The van der Waals surface area contributed by atoms with E-state index in [4.69, 9.17) is 11.6 Å². The van der Waals surface area contributed by atoms with Crippen molar-refractivity contribution in [2.45, 2.75) is 32.2 Å². The third kappa shape index (κ3) is 3.74. The van der Waals surface area contributed by atoms with Crippen LogP contribution >= 0.6 is 11.6 Å². The van der Waals surface area contributed by atoms with Crippen LogP contribution in [0.3, 0.4) is 0 Å². The van der Waals surface area contributed by atoms with Gasteiger partial charge in [0.25, 0.3) is 5.91 Å². The first-order chi connectivity index (χ1) is 12.8. The molecule has 1 aliphatic rings. The van der Waals surface area contributed by atoms with Crippen LogP contribution in [0.25, 0.3) is 0 Å². The van der Waals surface area contributed by atoms with Crippen molar-refractivity contribution < 1.29 is 14.4 Å². The minimum absolute atomic E-state index is 0.310. The molecule has 1 atom stereocenters. The molecule has 3 rings (SSSR count). The van der Waals surface area contributed by atoms with Crippen molar-refractivity contribution >= 4 is 29.3 Å². The van der Waals surface area contributed by atoms with Gasteiger partial charge in [-0.15, -0.1) is 0 Å². The van der Waals surface area contributed by atoms with Crippen molar-refractivity contribution in [2.24, 2.45) is 0 Å². The monoisotopic (exact) mass is 384 g/mol. The van der Waals surface area contributed by atoms with Gasteiger partial charge in [-0.3, -0.25) is 14.5 Å². The maximum absolute atomic E-state index is 12.9. The molecule has 1 aliphatic heterocycles. The lowest BCUT2D eigenvalue weighted by molar-refractivity contribution is -0.130. The Hall–Kier alpha value is -2.66. The van der Waals surface area contributed by atoms with E-state index in [2.05, 4.69) is 12.2 Å². The number of aryl methyl sites for hydroxylation is 1. The van der Waals surface area contributed by atoms with Gasteiger partial charge in [0.1, 0.15) is 5.54 Å². The Kier molecular flexibility index (Phi) is 5.33. The zero-order chi connectivity index (χ0) is 19.6. The molecule has 1 heterocycles. The molecule has 1 fully saturated rings. The number of hydrogen-bond donors (Lipinski definition) is 1. The number of benzene rings is 2. The van der Waals surface area contributed by atoms with E-state index < -0.39 is 17.5 Å². The highest BCUT2D eigenvalue weighted by Crippen LogP contribution is 2.29. The van der Waals surface area contributed by atoms with Crippen molar-refractivity contribution in [1.29, 1.82) is 0 Å². The molecule has 0 aromatic heterocycles. The lowest BCUT2D eigenvalue weighted by Gasteiger charge is -2.22. The summed E-state index contributed by atoms with van der Waals surface area (Å²) in [7, 11) is 0. The van der Waals surface area contributed by atoms with Crippen molar-refractivity contribution in [1.82, 2.24) is 10.2 Å². The summed E-state index contributed by atoms with van der Waals surface area (Å²) in [4.78, 5) is 38.7. The quantitative estimate of drug-likeness (QED) is 0.606. The largest absolute Gasteiger partial charge is 0.325 e. The van der Waals surface area contributed by atoms with E-state index in [1.807, 2.05) is 24.3 Å². The number of carbonyl (C=O) groups is 3. The highest BCUT2D eigenvalue weighted by molar-refractivity contribution is 6.30. The summed E-state index contributed by atoms with van der Waals surface area (Å²) in [6.45, 7) is 3.45. The summed E-state index contributed by atoms with van der Waals surface area (Å²) in [6, 6.07) is 13.4. The topological polar surface area (TPSA) is 66.5 Å². The molecule has 2 aromatic rings. The molecule has 0 bridgehead atoms. The third-order valence-corrected chi connectivity index (χ3v) is 5.06. The van der Waals surface area contributed by atoms with E-state index in [9.17, 15) is 14.4 Å². The van der Waals surface area contributed by atoms with Crippen LogP contribution in [0.1, 0.15) is 41.8 Å². The Morgan fingerprint density at radius 2 is 1.70 bits per heavy atom. The smallest absolute Gasteiger partial charge is 0.319 e. The Morgan fingerprint density at radius 1 is 1.07 bits per heavy atom. The minimum atomic E-state index is -1.18. The van der Waals surface area contributed by atoms with Gasteiger partial charge in [0.05, 0.1) is 6.54 Å². The number of carbonyl (C=O) groups excluding carboxylic acids is 3. The molecule has 6 heteroatoms. The molecule has 1 unspecified atom stereocenters. The van der Waals surface area contributed by atoms with Crippen LogP contribution < -0.4 is 5.32 Å². The van der Waals surface area contributed by atoms with E-state index >= 15 is 0 Å². The Bertz CT molecular complexity index is 877. The number of nitrogens with zero attached hydrogens (tertiary/aromatic N) is 1. The predicted molar refractivity (Wildman–Crippen MR) is 104 cm³/mol. The van der Waals surface area contributed by atoms with Crippen molar-refractivity contribution in [3.63, 3.8) is 0 Å². The summed E-state index contributed by atoms with van der Waals surface area (Å²) >= 11 is 5.83. The van der Waals surface area contributed by atoms with E-state index in [0.29, 0.717) is 16.1 Å². The molecule has 1 N–H and O–H groups in total. The molecule has 0 saturated carbocycles. The van der Waals surface area contributed by atoms with Crippen LogP contribution in [-0.4, -0.2) is 29.2 Å². The summed E-state index contributed by atoms with van der Waals surface area (Å²) < 4.78 is 0. The van der Waals surface area contributed by atoms with Crippen LogP contribution in [0, 0.1) is 0 Å². The molecule has 0 aliphatic carbocycles. The first kappa shape index (κ1) is 19.1. The minimum Gasteiger partial charge on any atom is -0.319 e. The second kappa shape index (κ2) is 7.53. The molecular weight excluding hydrogens is 364 g/mol. The number of halogens is 1. The normalized spacial score (nSPS) is 19.3. The predicted octanol–water partition coefficient (Wildman–Crippen LogP) is 3.94. The highest BCUT2D eigenvalue weighted by atomic mass is 35.5. The average molecular weight is 385 g/mol. The van der Waals surface area contributed by atoms with Gasteiger partial charge in [0.2, 0.25) is 0 Å². The van der Waals surface area contributed by atoms with Gasteiger partial charge in [-0.1, -0.05) is 49.2 Å². The fraction of sp³-hybridized carbons (Fsp3) is 0.286. The SMILES string of the molecule is CCCc1ccc(C2(C)NC(=O)N(CC(=O)c3ccc(Cl)cc3)C2=O)cc1. The second-order valence-corrected chi connectivity index (χ2v) is 7.26. The van der Waals surface area contributed by atoms with Crippen LogP contribution in [0.5, 0.6) is 0 Å². The van der Waals surface area contributed by atoms with Crippen molar-refractivity contribution in [3.05, 3.63) is 70.2 Å². The molecule has 0 spiro atoms. The Balaban J connectivity index is 1.79. The van der Waals surface area contributed by atoms with Gasteiger partial charge in [0.15, 0.2) is 5.78 Å². The number of nitrogens with one attached hydrogen (secondary N) is 1. The molecule has 5 nitrogen and oxygen atoms in total. The summed E-state index contributed by atoms with van der Waals surface area (Å²) in [5.41, 5.74) is 1.10. The molecule has 2 aromatic carbocycles. The van der Waals surface area contributed by atoms with E-state index in [1.165, 1.54) is 5.56 Å². The summed E-state index contributed by atoms with van der Waals surface area (Å²) in [5, 5.41) is 3.24. The molecule has 140 valence electrons. The van der Waals surface area contributed by atoms with E-state index in [1.54, 1.807) is 31.2 Å². The Labute approximate surface area is 163 Å². The second-order valence-electron chi connectivity index (χ2n) is 6.82. The van der Waals surface area contributed by atoms with Gasteiger partial charge in [0, 0.05) is 10.6 Å². The molecular formula is C21H21ClN2O3. The zero-order valence-corrected chi connectivity index (χ0v) is 16.0. The number of imide groups is 1. The molecule has 1 saturated heterocycles. The van der Waals surface area contributed by atoms with Crippen molar-refractivity contribution in [3.8, 4) is 0 Å². The van der Waals surface area contributed by atoms with Gasteiger partial charge < -0.3 is 5.32 Å². The van der Waals surface area contributed by atoms with Gasteiger partial charge in [-0.25, -0.2) is 4.79 Å². The number of amides is 3. The maximum atomic E-state index is 12.9. The number of Topliss-reactive ketones (excluding diaryl/α,β-unsaturated/α-hetero) is 1. The lowest BCUT2D eigenvalue weighted by Crippen LogP contribution is -2.41. The van der Waals surface area contributed by atoms with Crippen LogP contribution in [0.15, 0.2) is 48.5 Å². The summed E-state index contributed by atoms with van der Waals surface area (Å²) in [5.74, 6) is -0.754. The van der Waals surface area contributed by atoms with Crippen LogP contribution in [-0.2, 0) is 16.8 Å².